The first-order valence-corrected chi connectivity index (χ1v) is 6.72. The Kier molecular flexibility index (Phi) is 3.05. The third kappa shape index (κ3) is 2.51. The number of benzene rings is 1. The Morgan fingerprint density at radius 3 is 2.84 bits per heavy atom. The molecule has 0 unspecified atom stereocenters. The van der Waals surface area contributed by atoms with Crippen LogP contribution < -0.4 is 5.73 Å². The van der Waals surface area contributed by atoms with Crippen molar-refractivity contribution in [1.29, 1.82) is 0 Å². The minimum absolute atomic E-state index is 0.248. The summed E-state index contributed by atoms with van der Waals surface area (Å²) in [5.74, 6) is 0.328. The quantitative estimate of drug-likeness (QED) is 0.795. The minimum Gasteiger partial charge on any atom is -0.384 e. The maximum Gasteiger partial charge on any atom is 0.123 e. The molecule has 0 amide bonds. The van der Waals surface area contributed by atoms with Crippen molar-refractivity contribution in [1.82, 2.24) is 9.78 Å². The Hall–Kier alpha value is -2.14. The van der Waals surface area contributed by atoms with Gasteiger partial charge in [-0.05, 0) is 29.1 Å². The Morgan fingerprint density at radius 2 is 2.11 bits per heavy atom. The van der Waals surface area contributed by atoms with E-state index in [2.05, 4.69) is 5.10 Å². The smallest absolute Gasteiger partial charge is 0.123 e. The molecule has 2 heterocycles. The van der Waals surface area contributed by atoms with Crippen LogP contribution in [0.1, 0.15) is 5.56 Å². The van der Waals surface area contributed by atoms with Crippen LogP contribution in [0, 0.1) is 5.82 Å². The van der Waals surface area contributed by atoms with Crippen molar-refractivity contribution in [2.45, 2.75) is 6.54 Å². The summed E-state index contributed by atoms with van der Waals surface area (Å²) < 4.78 is 14.8. The van der Waals surface area contributed by atoms with E-state index in [1.54, 1.807) is 22.1 Å². The highest BCUT2D eigenvalue weighted by atomic mass is 32.1. The normalized spacial score (nSPS) is 10.8. The number of thiophene rings is 1. The molecule has 0 aliphatic carbocycles. The van der Waals surface area contributed by atoms with Crippen LogP contribution in [0.25, 0.3) is 10.6 Å². The highest BCUT2D eigenvalue weighted by molar-refractivity contribution is 7.13. The summed E-state index contributed by atoms with van der Waals surface area (Å²) in [6, 6.07) is 12.3. The molecule has 0 atom stereocenters. The van der Waals surface area contributed by atoms with Gasteiger partial charge in [-0.15, -0.1) is 11.3 Å². The van der Waals surface area contributed by atoms with Gasteiger partial charge in [-0.3, -0.25) is 0 Å². The van der Waals surface area contributed by atoms with E-state index in [1.165, 1.54) is 12.1 Å². The van der Waals surface area contributed by atoms with Gasteiger partial charge >= 0.3 is 0 Å². The third-order valence-corrected chi connectivity index (χ3v) is 3.70. The zero-order chi connectivity index (χ0) is 13.2. The number of rotatable bonds is 3. The number of nitrogens with two attached hydrogens (primary N) is 1. The summed E-state index contributed by atoms with van der Waals surface area (Å²) in [5, 5.41) is 6.45. The largest absolute Gasteiger partial charge is 0.384 e. The fraction of sp³-hybridized carbons (Fsp3) is 0.0714. The lowest BCUT2D eigenvalue weighted by atomic mass is 10.2. The molecule has 0 aliphatic rings. The molecule has 2 aromatic heterocycles. The molecule has 0 saturated heterocycles. The summed E-state index contributed by atoms with van der Waals surface area (Å²) in [7, 11) is 0. The Balaban J connectivity index is 1.90. The first-order chi connectivity index (χ1) is 9.22. The maximum atomic E-state index is 13.1. The van der Waals surface area contributed by atoms with Gasteiger partial charge in [-0.1, -0.05) is 18.2 Å². The topological polar surface area (TPSA) is 43.8 Å². The second-order valence-electron chi connectivity index (χ2n) is 4.22. The van der Waals surface area contributed by atoms with Crippen molar-refractivity contribution >= 4 is 17.2 Å². The molecule has 0 bridgehead atoms. The van der Waals surface area contributed by atoms with E-state index < -0.39 is 0 Å². The lowest BCUT2D eigenvalue weighted by Crippen LogP contribution is -2.05. The molecule has 3 rings (SSSR count). The fourth-order valence-electron chi connectivity index (χ4n) is 1.91. The molecule has 0 radical (unpaired) electrons. The van der Waals surface area contributed by atoms with Crippen LogP contribution in [-0.2, 0) is 6.54 Å². The maximum absolute atomic E-state index is 13.1. The number of nitrogen functional groups attached to an aromatic ring is 1. The van der Waals surface area contributed by atoms with Crippen LogP contribution in [0.15, 0.2) is 47.8 Å². The number of nitrogens with zero attached hydrogens (tertiary/aromatic N) is 2. The summed E-state index contributed by atoms with van der Waals surface area (Å²) in [4.78, 5) is 1.07. The van der Waals surface area contributed by atoms with Crippen LogP contribution in [0.2, 0.25) is 0 Å². The highest BCUT2D eigenvalue weighted by Gasteiger charge is 2.08. The number of hydrogen-bond donors (Lipinski definition) is 1. The molecule has 5 heteroatoms. The Morgan fingerprint density at radius 1 is 1.21 bits per heavy atom. The monoisotopic (exact) mass is 273 g/mol. The van der Waals surface area contributed by atoms with Gasteiger partial charge in [0.2, 0.25) is 0 Å². The Bertz CT molecular complexity index is 689. The van der Waals surface area contributed by atoms with Crippen molar-refractivity contribution in [3.63, 3.8) is 0 Å². The van der Waals surface area contributed by atoms with Gasteiger partial charge in [0.05, 0.1) is 11.4 Å². The van der Waals surface area contributed by atoms with Crippen molar-refractivity contribution in [3.05, 3.63) is 59.2 Å². The molecule has 1 aromatic carbocycles. The molecule has 96 valence electrons. The average molecular weight is 273 g/mol. The zero-order valence-corrected chi connectivity index (χ0v) is 10.9. The lowest BCUT2D eigenvalue weighted by molar-refractivity contribution is 0.620. The summed E-state index contributed by atoms with van der Waals surface area (Å²) in [6.45, 7) is 0.467. The van der Waals surface area contributed by atoms with E-state index >= 15 is 0 Å². The predicted octanol–water partition coefficient (Wildman–Crippen LogP) is 3.38. The lowest BCUT2D eigenvalue weighted by Gasteiger charge is -2.04. The molecule has 3 aromatic rings. The molecule has 19 heavy (non-hydrogen) atoms. The van der Waals surface area contributed by atoms with Gasteiger partial charge in [0, 0.05) is 6.07 Å². The van der Waals surface area contributed by atoms with Crippen molar-refractivity contribution in [2.75, 3.05) is 5.73 Å². The molecular formula is C14H12FN3S. The van der Waals surface area contributed by atoms with Gasteiger partial charge in [0.25, 0.3) is 0 Å². The fourth-order valence-corrected chi connectivity index (χ4v) is 2.59. The molecule has 0 aliphatic heterocycles. The molecule has 0 fully saturated rings. The van der Waals surface area contributed by atoms with Gasteiger partial charge in [-0.25, -0.2) is 9.07 Å². The van der Waals surface area contributed by atoms with Crippen LogP contribution in [-0.4, -0.2) is 9.78 Å². The van der Waals surface area contributed by atoms with Gasteiger partial charge in [0.15, 0.2) is 0 Å². The Labute approximate surface area is 114 Å². The highest BCUT2D eigenvalue weighted by Crippen LogP contribution is 2.25. The van der Waals surface area contributed by atoms with Gasteiger partial charge in [-0.2, -0.15) is 5.10 Å². The molecule has 0 spiro atoms. The van der Waals surface area contributed by atoms with E-state index in [0.29, 0.717) is 12.4 Å². The second kappa shape index (κ2) is 4.85. The van der Waals surface area contributed by atoms with Crippen LogP contribution in [0.3, 0.4) is 0 Å². The average Bonchev–Trinajstić information content (AvgIpc) is 3.00. The SMILES string of the molecule is Nc1cc(-c2cccs2)nn1Cc1cccc(F)c1. The molecule has 2 N–H and O–H groups in total. The first-order valence-electron chi connectivity index (χ1n) is 5.84. The number of halogens is 1. The van der Waals surface area contributed by atoms with Gasteiger partial charge in [0.1, 0.15) is 17.3 Å². The van der Waals surface area contributed by atoms with Crippen molar-refractivity contribution in [3.8, 4) is 10.6 Å². The molecule has 3 nitrogen and oxygen atoms in total. The number of aromatic nitrogens is 2. The van der Waals surface area contributed by atoms with Crippen molar-refractivity contribution in [2.24, 2.45) is 0 Å². The molecular weight excluding hydrogens is 261 g/mol. The van der Waals surface area contributed by atoms with Crippen LogP contribution in [0.5, 0.6) is 0 Å². The van der Waals surface area contributed by atoms with E-state index in [1.807, 2.05) is 29.6 Å². The van der Waals surface area contributed by atoms with E-state index in [4.69, 9.17) is 5.73 Å². The summed E-state index contributed by atoms with van der Waals surface area (Å²) in [6.07, 6.45) is 0. The first kappa shape index (κ1) is 11.9. The minimum atomic E-state index is -0.248. The van der Waals surface area contributed by atoms with Crippen molar-refractivity contribution < 1.29 is 4.39 Å². The second-order valence-corrected chi connectivity index (χ2v) is 5.17. The number of anilines is 1. The summed E-state index contributed by atoms with van der Waals surface area (Å²) >= 11 is 1.62. The standard InChI is InChI=1S/C14H12FN3S/c15-11-4-1-3-10(7-11)9-18-14(16)8-12(17-18)13-5-2-6-19-13/h1-8H,9,16H2. The number of hydrogen-bond acceptors (Lipinski definition) is 3. The van der Waals surface area contributed by atoms with E-state index in [0.717, 1.165) is 16.1 Å². The zero-order valence-electron chi connectivity index (χ0n) is 10.1. The van der Waals surface area contributed by atoms with E-state index in [9.17, 15) is 4.39 Å². The predicted molar refractivity (Wildman–Crippen MR) is 75.5 cm³/mol. The van der Waals surface area contributed by atoms with Gasteiger partial charge < -0.3 is 5.73 Å². The van der Waals surface area contributed by atoms with Crippen LogP contribution in [0.4, 0.5) is 10.2 Å². The molecule has 0 saturated carbocycles. The third-order valence-electron chi connectivity index (χ3n) is 2.81. The van der Waals surface area contributed by atoms with E-state index in [-0.39, 0.29) is 5.82 Å². The van der Waals surface area contributed by atoms with Crippen LogP contribution >= 0.6 is 11.3 Å². The summed E-state index contributed by atoms with van der Waals surface area (Å²) in [5.41, 5.74) is 7.64.